The van der Waals surface area contributed by atoms with Gasteiger partial charge in [-0.2, -0.15) is 0 Å². The van der Waals surface area contributed by atoms with E-state index in [4.69, 9.17) is 23.2 Å². The van der Waals surface area contributed by atoms with Gasteiger partial charge in [0, 0.05) is 5.56 Å². The summed E-state index contributed by atoms with van der Waals surface area (Å²) >= 11 is 11.6. The highest BCUT2D eigenvalue weighted by Crippen LogP contribution is 2.24. The molecular formula is C15H15Cl2N3O3S. The first-order valence-corrected chi connectivity index (χ1v) is 9.51. The summed E-state index contributed by atoms with van der Waals surface area (Å²) in [7, 11) is -3.43. The van der Waals surface area contributed by atoms with E-state index in [0.29, 0.717) is 11.3 Å². The average molecular weight is 388 g/mol. The summed E-state index contributed by atoms with van der Waals surface area (Å²) < 4.78 is 25.3. The van der Waals surface area contributed by atoms with Gasteiger partial charge in [0.2, 0.25) is 10.0 Å². The van der Waals surface area contributed by atoms with Gasteiger partial charge in [0.05, 0.1) is 18.0 Å². The Balaban J connectivity index is 2.23. The number of rotatable bonds is 5. The standard InChI is InChI=1S/C15H15Cl2N3O3S/c1-9(11-5-3-4-6-12(11)20-24(2,22)23)18-15(21)10-7-13(16)19-14(17)8-10/h3-9,20H,1-2H3,(H,18,21). The van der Waals surface area contributed by atoms with E-state index in [1.54, 1.807) is 31.2 Å². The van der Waals surface area contributed by atoms with E-state index in [9.17, 15) is 13.2 Å². The van der Waals surface area contributed by atoms with Crippen molar-refractivity contribution in [3.05, 3.63) is 57.8 Å². The smallest absolute Gasteiger partial charge is 0.251 e. The van der Waals surface area contributed by atoms with Crippen molar-refractivity contribution >= 4 is 44.8 Å². The van der Waals surface area contributed by atoms with Crippen LogP contribution in [-0.2, 0) is 10.0 Å². The SMILES string of the molecule is CC(NC(=O)c1cc(Cl)nc(Cl)c1)c1ccccc1NS(C)(=O)=O. The molecule has 1 amide bonds. The van der Waals surface area contributed by atoms with E-state index in [1.807, 2.05) is 0 Å². The number of hydrogen-bond acceptors (Lipinski definition) is 4. The van der Waals surface area contributed by atoms with Gasteiger partial charge < -0.3 is 5.32 Å². The van der Waals surface area contributed by atoms with Crippen LogP contribution in [0.3, 0.4) is 0 Å². The van der Waals surface area contributed by atoms with Crippen LogP contribution in [0, 0.1) is 0 Å². The molecule has 9 heteroatoms. The van der Waals surface area contributed by atoms with Crippen molar-refractivity contribution in [3.8, 4) is 0 Å². The lowest BCUT2D eigenvalue weighted by Crippen LogP contribution is -2.27. The molecule has 0 bridgehead atoms. The lowest BCUT2D eigenvalue weighted by molar-refractivity contribution is 0.0940. The number of amides is 1. The lowest BCUT2D eigenvalue weighted by atomic mass is 10.1. The highest BCUT2D eigenvalue weighted by atomic mass is 35.5. The summed E-state index contributed by atoms with van der Waals surface area (Å²) in [6.45, 7) is 1.74. The molecule has 0 saturated heterocycles. The molecule has 0 aliphatic carbocycles. The van der Waals surface area contributed by atoms with Crippen molar-refractivity contribution in [2.45, 2.75) is 13.0 Å². The molecule has 1 atom stereocenters. The monoisotopic (exact) mass is 387 g/mol. The molecule has 2 N–H and O–H groups in total. The van der Waals surface area contributed by atoms with Crippen LogP contribution in [0.1, 0.15) is 28.9 Å². The third kappa shape index (κ3) is 5.09. The summed E-state index contributed by atoms with van der Waals surface area (Å²) in [4.78, 5) is 16.1. The zero-order chi connectivity index (χ0) is 17.9. The molecular weight excluding hydrogens is 373 g/mol. The number of pyridine rings is 1. The molecule has 0 aliphatic rings. The van der Waals surface area contributed by atoms with Crippen molar-refractivity contribution in [1.82, 2.24) is 10.3 Å². The van der Waals surface area contributed by atoms with Crippen LogP contribution in [0.5, 0.6) is 0 Å². The molecule has 6 nitrogen and oxygen atoms in total. The number of carbonyl (C=O) groups excluding carboxylic acids is 1. The number of halogens is 2. The van der Waals surface area contributed by atoms with Crippen LogP contribution < -0.4 is 10.0 Å². The number of para-hydroxylation sites is 1. The van der Waals surface area contributed by atoms with Crippen molar-refractivity contribution in [2.75, 3.05) is 11.0 Å². The number of benzene rings is 1. The topological polar surface area (TPSA) is 88.2 Å². The van der Waals surface area contributed by atoms with Gasteiger partial charge in [-0.25, -0.2) is 13.4 Å². The van der Waals surface area contributed by atoms with Crippen LogP contribution in [-0.4, -0.2) is 25.6 Å². The highest BCUT2D eigenvalue weighted by Gasteiger charge is 2.17. The minimum Gasteiger partial charge on any atom is -0.345 e. The summed E-state index contributed by atoms with van der Waals surface area (Å²) in [6, 6.07) is 9.16. The normalized spacial score (nSPS) is 12.5. The maximum Gasteiger partial charge on any atom is 0.251 e. The van der Waals surface area contributed by atoms with Gasteiger partial charge in [-0.15, -0.1) is 0 Å². The van der Waals surface area contributed by atoms with E-state index < -0.39 is 22.0 Å². The molecule has 1 heterocycles. The minimum absolute atomic E-state index is 0.111. The second-order valence-corrected chi connectivity index (χ2v) is 7.68. The van der Waals surface area contributed by atoms with Gasteiger partial charge in [-0.05, 0) is 30.7 Å². The van der Waals surface area contributed by atoms with Crippen LogP contribution >= 0.6 is 23.2 Å². The Morgan fingerprint density at radius 3 is 2.33 bits per heavy atom. The molecule has 0 spiro atoms. The Morgan fingerprint density at radius 1 is 1.17 bits per heavy atom. The Morgan fingerprint density at radius 2 is 1.75 bits per heavy atom. The number of hydrogen-bond donors (Lipinski definition) is 2. The van der Waals surface area contributed by atoms with Crippen molar-refractivity contribution in [3.63, 3.8) is 0 Å². The zero-order valence-corrected chi connectivity index (χ0v) is 15.2. The molecule has 1 unspecified atom stereocenters. The first kappa shape index (κ1) is 18.5. The third-order valence-electron chi connectivity index (χ3n) is 3.10. The first-order valence-electron chi connectivity index (χ1n) is 6.86. The molecule has 1 aromatic heterocycles. The lowest BCUT2D eigenvalue weighted by Gasteiger charge is -2.18. The minimum atomic E-state index is -3.43. The van der Waals surface area contributed by atoms with E-state index in [0.717, 1.165) is 6.26 Å². The van der Waals surface area contributed by atoms with Gasteiger partial charge in [0.1, 0.15) is 10.3 Å². The summed E-state index contributed by atoms with van der Waals surface area (Å²) in [6.07, 6.45) is 1.06. The van der Waals surface area contributed by atoms with Crippen molar-refractivity contribution < 1.29 is 13.2 Å². The summed E-state index contributed by atoms with van der Waals surface area (Å²) in [5, 5.41) is 3.00. The Labute approximate surface area is 150 Å². The fourth-order valence-electron chi connectivity index (χ4n) is 2.12. The van der Waals surface area contributed by atoms with Crippen molar-refractivity contribution in [1.29, 1.82) is 0 Å². The molecule has 0 aliphatic heterocycles. The predicted molar refractivity (Wildman–Crippen MR) is 95.0 cm³/mol. The van der Waals surface area contributed by atoms with E-state index in [2.05, 4.69) is 15.0 Å². The van der Waals surface area contributed by atoms with Crippen LogP contribution in [0.15, 0.2) is 36.4 Å². The number of sulfonamides is 1. The second kappa shape index (κ2) is 7.38. The van der Waals surface area contributed by atoms with Crippen LogP contribution in [0.2, 0.25) is 10.3 Å². The van der Waals surface area contributed by atoms with Gasteiger partial charge >= 0.3 is 0 Å². The van der Waals surface area contributed by atoms with Gasteiger partial charge in [-0.3, -0.25) is 9.52 Å². The van der Waals surface area contributed by atoms with E-state index in [-0.39, 0.29) is 15.9 Å². The number of anilines is 1. The molecule has 0 saturated carbocycles. The number of nitrogens with zero attached hydrogens (tertiary/aromatic N) is 1. The van der Waals surface area contributed by atoms with Crippen LogP contribution in [0.25, 0.3) is 0 Å². The van der Waals surface area contributed by atoms with Gasteiger partial charge in [0.15, 0.2) is 0 Å². The molecule has 1 aromatic carbocycles. The summed E-state index contributed by atoms with van der Waals surface area (Å²) in [5.74, 6) is -0.400. The maximum atomic E-state index is 12.3. The second-order valence-electron chi connectivity index (χ2n) is 5.16. The highest BCUT2D eigenvalue weighted by molar-refractivity contribution is 7.92. The number of nitrogens with one attached hydrogen (secondary N) is 2. The van der Waals surface area contributed by atoms with Gasteiger partial charge in [0.25, 0.3) is 5.91 Å². The van der Waals surface area contributed by atoms with Crippen molar-refractivity contribution in [2.24, 2.45) is 0 Å². The predicted octanol–water partition coefficient (Wildman–Crippen LogP) is 3.25. The van der Waals surface area contributed by atoms with Gasteiger partial charge in [-0.1, -0.05) is 41.4 Å². The molecule has 0 fully saturated rings. The average Bonchev–Trinajstić information content (AvgIpc) is 2.44. The quantitative estimate of drug-likeness (QED) is 0.770. The number of aromatic nitrogens is 1. The maximum absolute atomic E-state index is 12.3. The Hall–Kier alpha value is -1.83. The largest absolute Gasteiger partial charge is 0.345 e. The van der Waals surface area contributed by atoms with E-state index in [1.165, 1.54) is 12.1 Å². The zero-order valence-electron chi connectivity index (χ0n) is 12.9. The molecule has 24 heavy (non-hydrogen) atoms. The third-order valence-corrected chi connectivity index (χ3v) is 4.07. The van der Waals surface area contributed by atoms with Crippen LogP contribution in [0.4, 0.5) is 5.69 Å². The Kier molecular flexibility index (Phi) is 5.69. The van der Waals surface area contributed by atoms with E-state index >= 15 is 0 Å². The Bertz CT molecular complexity index is 852. The first-order chi connectivity index (χ1) is 11.2. The molecule has 0 radical (unpaired) electrons. The molecule has 2 aromatic rings. The fourth-order valence-corrected chi connectivity index (χ4v) is 3.17. The number of carbonyl (C=O) groups is 1. The molecule has 2 rings (SSSR count). The molecule has 128 valence electrons. The fraction of sp³-hybridized carbons (Fsp3) is 0.200. The summed E-state index contributed by atoms with van der Waals surface area (Å²) in [5.41, 5.74) is 1.29.